The van der Waals surface area contributed by atoms with Crippen LogP contribution in [0.15, 0.2) is 54.6 Å². The monoisotopic (exact) mass is 518 g/mol. The van der Waals surface area contributed by atoms with Crippen LogP contribution in [0, 0.1) is 6.92 Å². The number of imidazole rings is 1. The molecule has 0 saturated carbocycles. The number of para-hydroxylation sites is 1. The van der Waals surface area contributed by atoms with E-state index in [1.807, 2.05) is 80.2 Å². The molecule has 0 saturated heterocycles. The molecule has 4 aromatic rings. The third-order valence-corrected chi connectivity index (χ3v) is 6.04. The fourth-order valence-corrected chi connectivity index (χ4v) is 4.28. The van der Waals surface area contributed by atoms with E-state index in [4.69, 9.17) is 15.5 Å². The molecule has 2 aromatic carbocycles. The van der Waals surface area contributed by atoms with E-state index < -0.39 is 12.0 Å². The zero-order valence-corrected chi connectivity index (χ0v) is 22.0. The number of nitrogens with zero attached hydrogens (tertiary/aromatic N) is 5. The zero-order chi connectivity index (χ0) is 27.1. The van der Waals surface area contributed by atoms with Gasteiger partial charge >= 0.3 is 6.09 Å². The molecule has 4 N–H and O–H groups in total. The number of ether oxygens (including phenoxy) is 1. The highest BCUT2D eigenvalue weighted by atomic mass is 16.5. The van der Waals surface area contributed by atoms with Gasteiger partial charge in [-0.2, -0.15) is 5.10 Å². The molecular weight excluding hydrogens is 484 g/mol. The summed E-state index contributed by atoms with van der Waals surface area (Å²) in [7, 11) is 1.81. The van der Waals surface area contributed by atoms with Crippen molar-refractivity contribution in [3.05, 3.63) is 65.9 Å². The lowest BCUT2D eigenvalue weighted by molar-refractivity contribution is -0.116. The second-order valence-electron chi connectivity index (χ2n) is 9.01. The number of likely N-dealkylation sites (N-methyl/N-ethyl adjacent to an activating group) is 1. The van der Waals surface area contributed by atoms with Crippen molar-refractivity contribution < 1.29 is 14.3 Å². The fourth-order valence-electron chi connectivity index (χ4n) is 4.28. The van der Waals surface area contributed by atoms with Gasteiger partial charge in [-0.25, -0.2) is 14.5 Å². The van der Waals surface area contributed by atoms with Gasteiger partial charge in [0.2, 0.25) is 11.9 Å². The number of fused-ring (bicyclic) bond motifs is 1. The molecule has 2 aromatic heterocycles. The number of nitrogens with one attached hydrogen (secondary N) is 2. The maximum Gasteiger partial charge on any atom is 0.407 e. The summed E-state index contributed by atoms with van der Waals surface area (Å²) in [6.07, 6.45) is 0.189. The van der Waals surface area contributed by atoms with Crippen molar-refractivity contribution in [2.24, 2.45) is 5.73 Å². The summed E-state index contributed by atoms with van der Waals surface area (Å²) < 4.78 is 9.25. The van der Waals surface area contributed by atoms with Crippen LogP contribution < -0.4 is 21.3 Å². The van der Waals surface area contributed by atoms with Crippen LogP contribution in [0.4, 0.5) is 22.2 Å². The van der Waals surface area contributed by atoms with Gasteiger partial charge in [-0.05, 0) is 38.0 Å². The highest BCUT2D eigenvalue weighted by molar-refractivity contribution is 5.93. The number of hydrogen-bond donors (Lipinski definition) is 3. The quantitative estimate of drug-likeness (QED) is 0.244. The first-order valence-corrected chi connectivity index (χ1v) is 12.6. The van der Waals surface area contributed by atoms with E-state index in [1.54, 1.807) is 4.90 Å². The van der Waals surface area contributed by atoms with Gasteiger partial charge in [0.25, 0.3) is 0 Å². The van der Waals surface area contributed by atoms with Crippen LogP contribution in [0.1, 0.15) is 24.6 Å². The molecule has 11 heteroatoms. The number of alkyl carbamates (subject to hydrolysis) is 1. The van der Waals surface area contributed by atoms with Crippen LogP contribution >= 0.6 is 0 Å². The molecule has 0 fully saturated rings. The first-order chi connectivity index (χ1) is 18.4. The Morgan fingerprint density at radius 2 is 1.92 bits per heavy atom. The molecule has 38 heavy (non-hydrogen) atoms. The van der Waals surface area contributed by atoms with Crippen molar-refractivity contribution in [2.45, 2.75) is 40.0 Å². The molecular formula is C27H34N8O3. The third kappa shape index (κ3) is 6.41. The molecule has 2 amide bonds. The second kappa shape index (κ2) is 12.1. The summed E-state index contributed by atoms with van der Waals surface area (Å²) in [6, 6.07) is 17.3. The molecule has 0 spiro atoms. The smallest absolute Gasteiger partial charge is 0.407 e. The number of primary amides is 1. The summed E-state index contributed by atoms with van der Waals surface area (Å²) in [5.74, 6) is 1.05. The first kappa shape index (κ1) is 26.5. The van der Waals surface area contributed by atoms with Crippen molar-refractivity contribution in [3.8, 4) is 0 Å². The molecule has 200 valence electrons. The standard InChI is InChI=1S/C27H34N8O3/c1-4-35-24(16-19(2)32-35)30-26-31-25-21(33(3)17-23(28)36)12-8-13-22(25)34(26)15-9-14-29-27(37)38-18-20-10-6-5-7-11-20/h5-8,10-13,16H,4,9,14-15,17-18H2,1-3H3,(H2,28,36)(H,29,37)(H,30,31). The van der Waals surface area contributed by atoms with Crippen molar-refractivity contribution in [1.29, 1.82) is 0 Å². The second-order valence-corrected chi connectivity index (χ2v) is 9.01. The van der Waals surface area contributed by atoms with Gasteiger partial charge in [0.15, 0.2) is 0 Å². The van der Waals surface area contributed by atoms with E-state index in [0.29, 0.717) is 32.0 Å². The number of aromatic nitrogens is 4. The molecule has 0 aliphatic rings. The minimum Gasteiger partial charge on any atom is -0.445 e. The number of hydrogen-bond acceptors (Lipinski definition) is 7. The van der Waals surface area contributed by atoms with E-state index in [2.05, 4.69) is 20.3 Å². The summed E-state index contributed by atoms with van der Waals surface area (Å²) in [4.78, 5) is 30.4. The Morgan fingerprint density at radius 1 is 1.13 bits per heavy atom. The van der Waals surface area contributed by atoms with Crippen molar-refractivity contribution in [2.75, 3.05) is 30.4 Å². The summed E-state index contributed by atoms with van der Waals surface area (Å²) in [5, 5.41) is 10.8. The Hall–Kier alpha value is -4.54. The number of benzene rings is 2. The maximum absolute atomic E-state index is 12.2. The predicted molar refractivity (Wildman–Crippen MR) is 147 cm³/mol. The van der Waals surface area contributed by atoms with Gasteiger partial charge in [0, 0.05) is 32.7 Å². The number of nitrogens with two attached hydrogens (primary N) is 1. The highest BCUT2D eigenvalue weighted by Crippen LogP contribution is 2.30. The van der Waals surface area contributed by atoms with E-state index in [0.717, 1.165) is 33.8 Å². The van der Waals surface area contributed by atoms with E-state index in [-0.39, 0.29) is 13.2 Å². The Bertz CT molecular complexity index is 1400. The number of anilines is 3. The SMILES string of the molecule is CCn1nc(C)cc1Nc1nc2c(N(C)CC(N)=O)cccc2n1CCCNC(=O)OCc1ccccc1. The number of carbonyl (C=O) groups excluding carboxylic acids is 2. The Morgan fingerprint density at radius 3 is 2.66 bits per heavy atom. The maximum atomic E-state index is 12.2. The van der Waals surface area contributed by atoms with Crippen LogP contribution in [0.25, 0.3) is 11.0 Å². The molecule has 11 nitrogen and oxygen atoms in total. The minimum atomic E-state index is -0.458. The fraction of sp³-hybridized carbons (Fsp3) is 0.333. The van der Waals surface area contributed by atoms with Gasteiger partial charge in [-0.1, -0.05) is 36.4 Å². The Balaban J connectivity index is 1.51. The summed E-state index contributed by atoms with van der Waals surface area (Å²) in [6.45, 7) is 5.99. The lowest BCUT2D eigenvalue weighted by Gasteiger charge is -2.17. The summed E-state index contributed by atoms with van der Waals surface area (Å²) in [5.41, 5.74) is 9.70. The Kier molecular flexibility index (Phi) is 8.47. The predicted octanol–water partition coefficient (Wildman–Crippen LogP) is 3.54. The van der Waals surface area contributed by atoms with Gasteiger partial charge in [0.1, 0.15) is 17.9 Å². The minimum absolute atomic E-state index is 0.0749. The number of rotatable bonds is 12. The van der Waals surface area contributed by atoms with E-state index >= 15 is 0 Å². The Labute approximate surface area is 221 Å². The molecule has 4 rings (SSSR count). The van der Waals surface area contributed by atoms with Crippen LogP contribution in [-0.2, 0) is 29.2 Å². The lowest BCUT2D eigenvalue weighted by atomic mass is 10.2. The normalized spacial score (nSPS) is 10.9. The van der Waals surface area contributed by atoms with Crippen LogP contribution in [0.2, 0.25) is 0 Å². The molecule has 0 atom stereocenters. The van der Waals surface area contributed by atoms with Crippen molar-refractivity contribution in [1.82, 2.24) is 24.6 Å². The van der Waals surface area contributed by atoms with Crippen LogP contribution in [0.3, 0.4) is 0 Å². The molecule has 2 heterocycles. The van der Waals surface area contributed by atoms with Crippen LogP contribution in [0.5, 0.6) is 0 Å². The van der Waals surface area contributed by atoms with Gasteiger partial charge in [-0.3, -0.25) is 4.79 Å². The van der Waals surface area contributed by atoms with E-state index in [9.17, 15) is 9.59 Å². The number of carbonyl (C=O) groups is 2. The molecule has 0 bridgehead atoms. The topological polar surface area (TPSA) is 132 Å². The third-order valence-electron chi connectivity index (χ3n) is 6.04. The van der Waals surface area contributed by atoms with Gasteiger partial charge in [-0.15, -0.1) is 0 Å². The number of aryl methyl sites for hydroxylation is 3. The highest BCUT2D eigenvalue weighted by Gasteiger charge is 2.18. The number of amides is 2. The van der Waals surface area contributed by atoms with E-state index in [1.165, 1.54) is 0 Å². The average Bonchev–Trinajstić information content (AvgIpc) is 3.44. The molecule has 0 unspecified atom stereocenters. The van der Waals surface area contributed by atoms with Crippen LogP contribution in [-0.4, -0.2) is 51.5 Å². The zero-order valence-electron chi connectivity index (χ0n) is 22.0. The first-order valence-electron chi connectivity index (χ1n) is 12.6. The van der Waals surface area contributed by atoms with Crippen molar-refractivity contribution in [3.63, 3.8) is 0 Å². The largest absolute Gasteiger partial charge is 0.445 e. The average molecular weight is 519 g/mol. The molecule has 0 aliphatic carbocycles. The molecule has 0 aliphatic heterocycles. The lowest BCUT2D eigenvalue weighted by Crippen LogP contribution is -2.30. The van der Waals surface area contributed by atoms with Gasteiger partial charge in [0.05, 0.1) is 23.4 Å². The molecule has 0 radical (unpaired) electrons. The van der Waals surface area contributed by atoms with Gasteiger partial charge < -0.3 is 30.6 Å². The summed E-state index contributed by atoms with van der Waals surface area (Å²) >= 11 is 0. The van der Waals surface area contributed by atoms with Crippen molar-refractivity contribution >= 4 is 40.5 Å².